The van der Waals surface area contributed by atoms with Crippen molar-refractivity contribution in [2.45, 2.75) is 44.1 Å². The van der Waals surface area contributed by atoms with Gasteiger partial charge in [0.1, 0.15) is 5.54 Å². The molecule has 1 spiro atoms. The van der Waals surface area contributed by atoms with E-state index in [2.05, 4.69) is 15.4 Å². The van der Waals surface area contributed by atoms with Crippen LogP contribution in [0.2, 0.25) is 5.02 Å². The van der Waals surface area contributed by atoms with E-state index in [1.165, 1.54) is 19.2 Å². The molecule has 1 saturated carbocycles. The zero-order valence-electron chi connectivity index (χ0n) is 15.5. The molecule has 1 aliphatic heterocycles. The number of imide groups is 1. The summed E-state index contributed by atoms with van der Waals surface area (Å²) in [6.07, 6.45) is 4.09. The Morgan fingerprint density at radius 3 is 2.64 bits per heavy atom. The highest BCUT2D eigenvalue weighted by atomic mass is 35.5. The number of rotatable bonds is 5. The van der Waals surface area contributed by atoms with Crippen molar-refractivity contribution in [2.75, 3.05) is 19.0 Å². The van der Waals surface area contributed by atoms with Crippen molar-refractivity contribution < 1.29 is 23.9 Å². The lowest BCUT2D eigenvalue weighted by Crippen LogP contribution is -2.48. The Hall–Kier alpha value is -2.61. The van der Waals surface area contributed by atoms with E-state index in [-0.39, 0.29) is 35.4 Å². The van der Waals surface area contributed by atoms with Gasteiger partial charge in [0, 0.05) is 18.7 Å². The van der Waals surface area contributed by atoms with E-state index in [4.69, 9.17) is 11.6 Å². The molecule has 0 atom stereocenters. The molecule has 4 amide bonds. The molecular formula is C19H22ClN3O5. The fourth-order valence-electron chi connectivity index (χ4n) is 3.68. The number of carbonyl (C=O) groups is 4. The number of halogens is 1. The van der Waals surface area contributed by atoms with Gasteiger partial charge in [0.25, 0.3) is 5.91 Å². The molecule has 0 bridgehead atoms. The van der Waals surface area contributed by atoms with Gasteiger partial charge in [0.05, 0.1) is 17.7 Å². The second-order valence-corrected chi connectivity index (χ2v) is 7.42. The number of nitrogens with zero attached hydrogens (tertiary/aromatic N) is 1. The predicted octanol–water partition coefficient (Wildman–Crippen LogP) is 2.71. The van der Waals surface area contributed by atoms with E-state index < -0.39 is 17.5 Å². The van der Waals surface area contributed by atoms with Gasteiger partial charge < -0.3 is 15.4 Å². The molecule has 1 aromatic carbocycles. The fourth-order valence-corrected chi connectivity index (χ4v) is 3.87. The number of carbonyl (C=O) groups excluding carboxylic acids is 4. The SMILES string of the molecule is COC(=O)c1cc(NC(=O)CCN2C(=O)NC3(CCCCC3)C2=O)ccc1Cl. The van der Waals surface area contributed by atoms with Crippen molar-refractivity contribution in [1.82, 2.24) is 10.2 Å². The molecule has 1 saturated heterocycles. The molecule has 150 valence electrons. The van der Waals surface area contributed by atoms with E-state index in [1.54, 1.807) is 6.07 Å². The normalized spacial score (nSPS) is 18.1. The van der Waals surface area contributed by atoms with Gasteiger partial charge in [-0.3, -0.25) is 14.5 Å². The van der Waals surface area contributed by atoms with Crippen molar-refractivity contribution in [2.24, 2.45) is 0 Å². The smallest absolute Gasteiger partial charge is 0.339 e. The summed E-state index contributed by atoms with van der Waals surface area (Å²) in [5.74, 6) is -1.24. The monoisotopic (exact) mass is 407 g/mol. The molecule has 1 aromatic rings. The lowest BCUT2D eigenvalue weighted by Gasteiger charge is -2.30. The lowest BCUT2D eigenvalue weighted by atomic mass is 9.82. The zero-order chi connectivity index (χ0) is 20.3. The number of methoxy groups -OCH3 is 1. The summed E-state index contributed by atoms with van der Waals surface area (Å²) < 4.78 is 4.65. The highest BCUT2D eigenvalue weighted by molar-refractivity contribution is 6.33. The topological polar surface area (TPSA) is 105 Å². The Kier molecular flexibility index (Phi) is 5.88. The Bertz CT molecular complexity index is 820. The fraction of sp³-hybridized carbons (Fsp3) is 0.474. The molecule has 2 fully saturated rings. The number of hydrogen-bond donors (Lipinski definition) is 2. The standard InChI is InChI=1S/C19H22ClN3O5/c1-28-16(25)13-11-12(5-6-14(13)20)21-15(24)7-10-23-17(26)19(22-18(23)27)8-3-2-4-9-19/h5-6,11H,2-4,7-10H2,1H3,(H,21,24)(H,22,27). The van der Waals surface area contributed by atoms with Crippen LogP contribution >= 0.6 is 11.6 Å². The van der Waals surface area contributed by atoms with Crippen molar-refractivity contribution in [3.63, 3.8) is 0 Å². The Labute approximate surface area is 167 Å². The first-order valence-corrected chi connectivity index (χ1v) is 9.56. The molecule has 0 radical (unpaired) electrons. The van der Waals surface area contributed by atoms with Gasteiger partial charge in [0.15, 0.2) is 0 Å². The lowest BCUT2D eigenvalue weighted by molar-refractivity contribution is -0.132. The minimum absolute atomic E-state index is 0.00427. The maximum absolute atomic E-state index is 12.7. The quantitative estimate of drug-likeness (QED) is 0.576. The molecule has 2 N–H and O–H groups in total. The van der Waals surface area contributed by atoms with Gasteiger partial charge in [0.2, 0.25) is 5.91 Å². The molecule has 28 heavy (non-hydrogen) atoms. The van der Waals surface area contributed by atoms with Gasteiger partial charge in [-0.2, -0.15) is 0 Å². The Morgan fingerprint density at radius 2 is 1.96 bits per heavy atom. The summed E-state index contributed by atoms with van der Waals surface area (Å²) in [6.45, 7) is -0.00427. The van der Waals surface area contributed by atoms with E-state index >= 15 is 0 Å². The molecular weight excluding hydrogens is 386 g/mol. The van der Waals surface area contributed by atoms with Crippen molar-refractivity contribution in [3.05, 3.63) is 28.8 Å². The van der Waals surface area contributed by atoms with Crippen LogP contribution in [0, 0.1) is 0 Å². The zero-order valence-corrected chi connectivity index (χ0v) is 16.3. The maximum Gasteiger partial charge on any atom is 0.339 e. The van der Waals surface area contributed by atoms with Crippen LogP contribution in [0.25, 0.3) is 0 Å². The number of amides is 4. The maximum atomic E-state index is 12.7. The van der Waals surface area contributed by atoms with Crippen molar-refractivity contribution in [1.29, 1.82) is 0 Å². The van der Waals surface area contributed by atoms with Gasteiger partial charge in [-0.25, -0.2) is 9.59 Å². The van der Waals surface area contributed by atoms with Crippen LogP contribution in [0.1, 0.15) is 48.9 Å². The van der Waals surface area contributed by atoms with Crippen LogP contribution in [-0.4, -0.2) is 47.9 Å². The second-order valence-electron chi connectivity index (χ2n) is 7.01. The summed E-state index contributed by atoms with van der Waals surface area (Å²) in [4.78, 5) is 50.0. The molecule has 1 aliphatic carbocycles. The summed E-state index contributed by atoms with van der Waals surface area (Å²) in [6, 6.07) is 4.00. The highest BCUT2D eigenvalue weighted by Crippen LogP contribution is 2.33. The third kappa shape index (κ3) is 3.96. The minimum atomic E-state index is -0.794. The highest BCUT2D eigenvalue weighted by Gasteiger charge is 2.51. The summed E-state index contributed by atoms with van der Waals surface area (Å²) in [5.41, 5.74) is -0.289. The minimum Gasteiger partial charge on any atom is -0.465 e. The van der Waals surface area contributed by atoms with Crippen LogP contribution in [0.15, 0.2) is 18.2 Å². The van der Waals surface area contributed by atoms with Crippen LogP contribution < -0.4 is 10.6 Å². The molecule has 3 rings (SSSR count). The van der Waals surface area contributed by atoms with Crippen LogP contribution in [-0.2, 0) is 14.3 Å². The molecule has 1 heterocycles. The third-order valence-corrected chi connectivity index (χ3v) is 5.50. The number of nitrogens with one attached hydrogen (secondary N) is 2. The van der Waals surface area contributed by atoms with Crippen LogP contribution in [0.5, 0.6) is 0 Å². The predicted molar refractivity (Wildman–Crippen MR) is 102 cm³/mol. The number of esters is 1. The van der Waals surface area contributed by atoms with E-state index in [9.17, 15) is 19.2 Å². The second kappa shape index (κ2) is 8.18. The van der Waals surface area contributed by atoms with Crippen molar-refractivity contribution in [3.8, 4) is 0 Å². The van der Waals surface area contributed by atoms with Gasteiger partial charge in [-0.1, -0.05) is 30.9 Å². The molecule has 9 heteroatoms. The number of anilines is 1. The van der Waals surface area contributed by atoms with Gasteiger partial charge in [-0.15, -0.1) is 0 Å². The average Bonchev–Trinajstić information content (AvgIpc) is 2.91. The average molecular weight is 408 g/mol. The van der Waals surface area contributed by atoms with E-state index in [0.717, 1.165) is 24.2 Å². The first-order chi connectivity index (χ1) is 13.4. The molecule has 0 aromatic heterocycles. The van der Waals surface area contributed by atoms with E-state index in [1.807, 2.05) is 0 Å². The number of benzene rings is 1. The molecule has 2 aliphatic rings. The third-order valence-electron chi connectivity index (χ3n) is 5.17. The van der Waals surface area contributed by atoms with Gasteiger partial charge >= 0.3 is 12.0 Å². The molecule has 0 unspecified atom stereocenters. The van der Waals surface area contributed by atoms with Crippen LogP contribution in [0.3, 0.4) is 0 Å². The summed E-state index contributed by atoms with van der Waals surface area (Å²) >= 11 is 5.95. The number of hydrogen-bond acceptors (Lipinski definition) is 5. The number of ether oxygens (including phenoxy) is 1. The first-order valence-electron chi connectivity index (χ1n) is 9.18. The number of urea groups is 1. The van der Waals surface area contributed by atoms with Crippen molar-refractivity contribution >= 4 is 41.1 Å². The summed E-state index contributed by atoms with van der Waals surface area (Å²) in [5, 5.41) is 5.66. The summed E-state index contributed by atoms with van der Waals surface area (Å²) in [7, 11) is 1.24. The first kappa shape index (κ1) is 20.1. The largest absolute Gasteiger partial charge is 0.465 e. The molecule has 8 nitrogen and oxygen atoms in total. The van der Waals surface area contributed by atoms with Gasteiger partial charge in [-0.05, 0) is 31.0 Å². The Morgan fingerprint density at radius 1 is 1.25 bits per heavy atom. The van der Waals surface area contributed by atoms with Crippen LogP contribution in [0.4, 0.5) is 10.5 Å². The Balaban J connectivity index is 1.59. The van der Waals surface area contributed by atoms with E-state index in [0.29, 0.717) is 18.5 Å².